The number of nitrogens with zero attached hydrogens (tertiary/aromatic N) is 2. The van der Waals surface area contributed by atoms with Crippen LogP contribution in [0.4, 0.5) is 11.4 Å². The predicted molar refractivity (Wildman–Crippen MR) is 85.9 cm³/mol. The van der Waals surface area contributed by atoms with Gasteiger partial charge >= 0.3 is 0 Å². The molecule has 0 aliphatic rings. The third-order valence-corrected chi connectivity index (χ3v) is 3.97. The van der Waals surface area contributed by atoms with E-state index in [1.165, 1.54) is 6.07 Å². The molecule has 3 N–H and O–H groups in total. The molecule has 0 atom stereocenters. The van der Waals surface area contributed by atoms with Crippen LogP contribution >= 0.6 is 0 Å². The van der Waals surface area contributed by atoms with Crippen molar-refractivity contribution in [2.24, 2.45) is 11.8 Å². The van der Waals surface area contributed by atoms with Crippen molar-refractivity contribution in [1.82, 2.24) is 4.90 Å². The van der Waals surface area contributed by atoms with Gasteiger partial charge in [0, 0.05) is 25.2 Å². The van der Waals surface area contributed by atoms with Gasteiger partial charge in [-0.2, -0.15) is 0 Å². The van der Waals surface area contributed by atoms with E-state index in [1.54, 1.807) is 12.1 Å². The normalized spacial score (nSPS) is 11.1. The largest absolute Gasteiger partial charge is 0.324 e. The lowest BCUT2D eigenvalue weighted by molar-refractivity contribution is -0.384. The molecule has 0 aliphatic heterocycles. The van der Waals surface area contributed by atoms with Crippen LogP contribution in [0.25, 0.3) is 0 Å². The molecule has 1 rings (SSSR count). The van der Waals surface area contributed by atoms with Gasteiger partial charge in [-0.15, -0.1) is 0 Å². The van der Waals surface area contributed by atoms with Crippen molar-refractivity contribution in [1.29, 1.82) is 0 Å². The Labute approximate surface area is 126 Å². The highest BCUT2D eigenvalue weighted by molar-refractivity contribution is 5.55. The zero-order valence-corrected chi connectivity index (χ0v) is 13.1. The maximum Gasteiger partial charge on any atom is 0.269 e. The monoisotopic (exact) mass is 294 g/mol. The molecule has 0 spiro atoms. The van der Waals surface area contributed by atoms with Crippen molar-refractivity contribution in [2.75, 3.05) is 18.5 Å². The number of benzene rings is 1. The molecule has 0 saturated carbocycles. The number of rotatable bonds is 9. The Balaban J connectivity index is 2.91. The number of nitro benzene ring substituents is 1. The summed E-state index contributed by atoms with van der Waals surface area (Å²) in [7, 11) is 0. The molecule has 6 heteroatoms. The Morgan fingerprint density at radius 1 is 1.33 bits per heavy atom. The third kappa shape index (κ3) is 4.99. The van der Waals surface area contributed by atoms with Gasteiger partial charge in [0.1, 0.15) is 0 Å². The lowest BCUT2D eigenvalue weighted by Crippen LogP contribution is -2.29. The zero-order valence-electron chi connectivity index (χ0n) is 13.1. The average molecular weight is 294 g/mol. The first-order chi connectivity index (χ1) is 10.0. The molecule has 0 aromatic heterocycles. The number of hydrogen-bond acceptors (Lipinski definition) is 5. The fourth-order valence-corrected chi connectivity index (χ4v) is 2.42. The Kier molecular flexibility index (Phi) is 7.11. The van der Waals surface area contributed by atoms with Crippen LogP contribution in [0.2, 0.25) is 0 Å². The number of nitrogen functional groups attached to an aromatic ring is 1. The number of non-ortho nitro benzene ring substituents is 1. The van der Waals surface area contributed by atoms with Gasteiger partial charge in [-0.25, -0.2) is 0 Å². The van der Waals surface area contributed by atoms with Gasteiger partial charge in [0.05, 0.1) is 10.6 Å². The number of hydrazine groups is 1. The van der Waals surface area contributed by atoms with E-state index in [2.05, 4.69) is 31.1 Å². The van der Waals surface area contributed by atoms with Crippen molar-refractivity contribution >= 4 is 11.4 Å². The van der Waals surface area contributed by atoms with E-state index in [9.17, 15) is 10.1 Å². The summed E-state index contributed by atoms with van der Waals surface area (Å²) < 4.78 is 0. The quantitative estimate of drug-likeness (QED) is 0.415. The van der Waals surface area contributed by atoms with E-state index in [-0.39, 0.29) is 10.6 Å². The van der Waals surface area contributed by atoms with Crippen LogP contribution in [-0.4, -0.2) is 22.9 Å². The summed E-state index contributed by atoms with van der Waals surface area (Å²) in [5.41, 5.74) is 4.32. The molecule has 1 aromatic rings. The Morgan fingerprint density at radius 3 is 2.48 bits per heavy atom. The first kappa shape index (κ1) is 17.4. The summed E-state index contributed by atoms with van der Waals surface area (Å²) in [6.07, 6.45) is 2.29. The number of anilines is 1. The molecule has 0 saturated heterocycles. The molecule has 0 fully saturated rings. The van der Waals surface area contributed by atoms with E-state index in [4.69, 9.17) is 5.84 Å². The second-order valence-corrected chi connectivity index (χ2v) is 5.25. The van der Waals surface area contributed by atoms with Crippen molar-refractivity contribution < 1.29 is 4.92 Å². The fourth-order valence-electron chi connectivity index (χ4n) is 2.42. The van der Waals surface area contributed by atoms with E-state index in [0.717, 1.165) is 37.2 Å². The van der Waals surface area contributed by atoms with Crippen molar-refractivity contribution in [3.05, 3.63) is 33.9 Å². The number of nitrogens with two attached hydrogens (primary N) is 1. The van der Waals surface area contributed by atoms with Gasteiger partial charge < -0.3 is 5.43 Å². The van der Waals surface area contributed by atoms with Gasteiger partial charge in [0.25, 0.3) is 5.69 Å². The molecule has 0 bridgehead atoms. The molecular weight excluding hydrogens is 268 g/mol. The van der Waals surface area contributed by atoms with Gasteiger partial charge in [-0.1, -0.05) is 33.6 Å². The van der Waals surface area contributed by atoms with E-state index in [1.807, 2.05) is 0 Å². The molecule has 0 aliphatic carbocycles. The molecule has 21 heavy (non-hydrogen) atoms. The van der Waals surface area contributed by atoms with Crippen LogP contribution in [-0.2, 0) is 6.54 Å². The average Bonchev–Trinajstić information content (AvgIpc) is 2.50. The smallest absolute Gasteiger partial charge is 0.269 e. The van der Waals surface area contributed by atoms with Crippen molar-refractivity contribution in [2.45, 2.75) is 40.2 Å². The second-order valence-electron chi connectivity index (χ2n) is 5.25. The van der Waals surface area contributed by atoms with Crippen LogP contribution in [0.3, 0.4) is 0 Å². The Bertz CT molecular complexity index is 461. The number of nitro groups is 1. The number of hydrogen-bond donors (Lipinski definition) is 2. The first-order valence-electron chi connectivity index (χ1n) is 7.51. The topological polar surface area (TPSA) is 84.4 Å². The van der Waals surface area contributed by atoms with Gasteiger partial charge in [0.15, 0.2) is 0 Å². The Hall–Kier alpha value is -1.66. The van der Waals surface area contributed by atoms with Crippen LogP contribution in [0, 0.1) is 16.0 Å². The second kappa shape index (κ2) is 8.59. The molecular formula is C15H26N4O2. The molecule has 0 heterocycles. The summed E-state index contributed by atoms with van der Waals surface area (Å²) >= 11 is 0. The summed E-state index contributed by atoms with van der Waals surface area (Å²) in [5.74, 6) is 6.16. The standard InChI is InChI=1S/C15H26N4O2/c1-4-12(5-2)10-18(6-3)11-13-9-14(19(20)21)7-8-15(13)17-16/h7-9,12,17H,4-6,10-11,16H2,1-3H3. The van der Waals surface area contributed by atoms with Crippen LogP contribution < -0.4 is 11.3 Å². The summed E-state index contributed by atoms with van der Waals surface area (Å²) in [6, 6.07) is 4.74. The molecule has 1 aromatic carbocycles. The Morgan fingerprint density at radius 2 is 2.00 bits per heavy atom. The minimum atomic E-state index is -0.374. The summed E-state index contributed by atoms with van der Waals surface area (Å²) in [5, 5.41) is 10.9. The van der Waals surface area contributed by atoms with E-state index in [0.29, 0.717) is 12.5 Å². The van der Waals surface area contributed by atoms with E-state index >= 15 is 0 Å². The van der Waals surface area contributed by atoms with Crippen molar-refractivity contribution in [3.8, 4) is 0 Å². The molecule has 118 valence electrons. The highest BCUT2D eigenvalue weighted by Crippen LogP contribution is 2.23. The highest BCUT2D eigenvalue weighted by atomic mass is 16.6. The van der Waals surface area contributed by atoms with Crippen LogP contribution in [0.15, 0.2) is 18.2 Å². The highest BCUT2D eigenvalue weighted by Gasteiger charge is 2.15. The first-order valence-corrected chi connectivity index (χ1v) is 7.51. The number of nitrogens with one attached hydrogen (secondary N) is 1. The van der Waals surface area contributed by atoms with Crippen LogP contribution in [0.5, 0.6) is 0 Å². The minimum absolute atomic E-state index is 0.0996. The van der Waals surface area contributed by atoms with Gasteiger partial charge in [-0.05, 0) is 24.1 Å². The summed E-state index contributed by atoms with van der Waals surface area (Å²) in [4.78, 5) is 12.8. The third-order valence-electron chi connectivity index (χ3n) is 3.97. The SMILES string of the molecule is CCC(CC)CN(CC)Cc1cc([N+](=O)[O-])ccc1NN. The van der Waals surface area contributed by atoms with Gasteiger partial charge in [0.2, 0.25) is 0 Å². The van der Waals surface area contributed by atoms with E-state index < -0.39 is 0 Å². The summed E-state index contributed by atoms with van der Waals surface area (Å²) in [6.45, 7) is 9.06. The molecule has 6 nitrogen and oxygen atoms in total. The maximum absolute atomic E-state index is 10.9. The molecule has 0 unspecified atom stereocenters. The fraction of sp³-hybridized carbons (Fsp3) is 0.600. The molecule has 0 amide bonds. The van der Waals surface area contributed by atoms with Gasteiger partial charge in [-0.3, -0.25) is 20.9 Å². The lowest BCUT2D eigenvalue weighted by atomic mass is 10.0. The molecule has 0 radical (unpaired) electrons. The predicted octanol–water partition coefficient (Wildman–Crippen LogP) is 3.14. The maximum atomic E-state index is 10.9. The lowest BCUT2D eigenvalue weighted by Gasteiger charge is -2.26. The van der Waals surface area contributed by atoms with Crippen molar-refractivity contribution in [3.63, 3.8) is 0 Å². The minimum Gasteiger partial charge on any atom is -0.324 e. The van der Waals surface area contributed by atoms with Crippen LogP contribution in [0.1, 0.15) is 39.2 Å². The zero-order chi connectivity index (χ0) is 15.8.